The van der Waals surface area contributed by atoms with E-state index >= 15 is 0 Å². The second-order valence-electron chi connectivity index (χ2n) is 3.07. The zero-order chi connectivity index (χ0) is 11.6. The fourth-order valence-corrected chi connectivity index (χ4v) is 1.13. The fraction of sp³-hybridized carbons (Fsp3) is 0.333. The van der Waals surface area contributed by atoms with Crippen molar-refractivity contribution in [2.24, 2.45) is 0 Å². The normalized spacial score (nSPS) is 14.9. The Balaban J connectivity index is 3.10. The minimum absolute atomic E-state index is 0.174. The second kappa shape index (κ2) is 4.35. The minimum Gasteiger partial charge on any atom is -0.504 e. The van der Waals surface area contributed by atoms with Gasteiger partial charge in [-0.15, -0.1) is 0 Å². The van der Waals surface area contributed by atoms with Crippen molar-refractivity contribution in [3.63, 3.8) is 0 Å². The summed E-state index contributed by atoms with van der Waals surface area (Å²) in [5, 5.41) is 54.6. The van der Waals surface area contributed by atoms with Crippen LogP contribution >= 0.6 is 0 Å². The molecule has 2 atom stereocenters. The van der Waals surface area contributed by atoms with Crippen molar-refractivity contribution >= 4 is 0 Å². The summed E-state index contributed by atoms with van der Waals surface area (Å²) in [5.74, 6) is -2.05. The summed E-state index contributed by atoms with van der Waals surface area (Å²) < 4.78 is 0. The molecule has 0 aromatic heterocycles. The average molecular weight is 216 g/mol. The van der Waals surface area contributed by atoms with Crippen molar-refractivity contribution in [3.8, 4) is 17.2 Å². The first-order valence-electron chi connectivity index (χ1n) is 4.19. The summed E-state index contributed by atoms with van der Waals surface area (Å²) in [5.41, 5.74) is -0.174. The van der Waals surface area contributed by atoms with Crippen LogP contribution in [0, 0.1) is 0 Å². The molecule has 84 valence electrons. The van der Waals surface area contributed by atoms with Gasteiger partial charge in [-0.05, 0) is 12.1 Å². The summed E-state index contributed by atoms with van der Waals surface area (Å²) in [7, 11) is 0. The molecule has 0 fully saturated rings. The van der Waals surface area contributed by atoms with E-state index in [-0.39, 0.29) is 5.56 Å². The lowest BCUT2D eigenvalue weighted by atomic mass is 10.0. The van der Waals surface area contributed by atoms with E-state index < -0.39 is 36.1 Å². The maximum Gasteiger partial charge on any atom is 0.200 e. The molecule has 0 bridgehead atoms. The molecule has 15 heavy (non-hydrogen) atoms. The van der Waals surface area contributed by atoms with Gasteiger partial charge in [-0.2, -0.15) is 0 Å². The molecule has 0 radical (unpaired) electrons. The lowest BCUT2D eigenvalue weighted by Crippen LogP contribution is -2.22. The van der Waals surface area contributed by atoms with E-state index in [1.807, 2.05) is 0 Å². The maximum atomic E-state index is 9.42. The molecule has 0 aliphatic carbocycles. The molecule has 6 nitrogen and oxygen atoms in total. The largest absolute Gasteiger partial charge is 0.504 e. The number of benzene rings is 1. The molecule has 2 unspecified atom stereocenters. The fourth-order valence-electron chi connectivity index (χ4n) is 1.13. The molecular weight excluding hydrogens is 204 g/mol. The molecule has 0 saturated carbocycles. The van der Waals surface area contributed by atoms with Crippen LogP contribution in [0.2, 0.25) is 0 Å². The van der Waals surface area contributed by atoms with Gasteiger partial charge >= 0.3 is 0 Å². The molecule has 0 heterocycles. The van der Waals surface area contributed by atoms with Crippen molar-refractivity contribution in [1.82, 2.24) is 0 Å². The number of aromatic hydroxyl groups is 3. The molecule has 0 aliphatic heterocycles. The predicted octanol–water partition coefficient (Wildman–Crippen LogP) is -0.810. The van der Waals surface area contributed by atoms with Gasteiger partial charge in [0.25, 0.3) is 0 Å². The standard InChI is InChI=1S/C9H12O6/c10-3-6(12)7(13)4-1-2-5(11)9(15)8(4)14/h1-2,6-7,10-15H,3H2. The van der Waals surface area contributed by atoms with Crippen LogP contribution in [0.4, 0.5) is 0 Å². The second-order valence-corrected chi connectivity index (χ2v) is 3.07. The van der Waals surface area contributed by atoms with E-state index in [1.165, 1.54) is 0 Å². The summed E-state index contributed by atoms with van der Waals surface area (Å²) in [6, 6.07) is 2.19. The van der Waals surface area contributed by atoms with Crippen LogP contribution in [0.5, 0.6) is 17.2 Å². The topological polar surface area (TPSA) is 121 Å². The SMILES string of the molecule is OCC(O)C(O)c1ccc(O)c(O)c1O. The van der Waals surface area contributed by atoms with Gasteiger partial charge < -0.3 is 30.6 Å². The lowest BCUT2D eigenvalue weighted by Gasteiger charge is -2.17. The molecular formula is C9H12O6. The van der Waals surface area contributed by atoms with E-state index in [4.69, 9.17) is 20.4 Å². The van der Waals surface area contributed by atoms with E-state index in [0.717, 1.165) is 12.1 Å². The Labute approximate surface area is 85.3 Å². The van der Waals surface area contributed by atoms with Crippen LogP contribution in [0.1, 0.15) is 11.7 Å². The van der Waals surface area contributed by atoms with Gasteiger partial charge in [0, 0.05) is 5.56 Å². The Morgan fingerprint density at radius 3 is 2.13 bits per heavy atom. The highest BCUT2D eigenvalue weighted by Crippen LogP contribution is 2.40. The zero-order valence-electron chi connectivity index (χ0n) is 7.70. The van der Waals surface area contributed by atoms with Gasteiger partial charge in [0.1, 0.15) is 12.2 Å². The van der Waals surface area contributed by atoms with Crippen molar-refractivity contribution in [1.29, 1.82) is 0 Å². The Morgan fingerprint density at radius 1 is 1.00 bits per heavy atom. The Morgan fingerprint density at radius 2 is 1.60 bits per heavy atom. The Kier molecular flexibility index (Phi) is 3.35. The number of phenols is 3. The van der Waals surface area contributed by atoms with Crippen LogP contribution in [0.25, 0.3) is 0 Å². The zero-order valence-corrected chi connectivity index (χ0v) is 7.70. The molecule has 1 aromatic carbocycles. The quantitative estimate of drug-likeness (QED) is 0.367. The lowest BCUT2D eigenvalue weighted by molar-refractivity contribution is -0.0163. The van der Waals surface area contributed by atoms with E-state index in [0.29, 0.717) is 0 Å². The molecule has 0 spiro atoms. The van der Waals surface area contributed by atoms with Crippen molar-refractivity contribution in [2.75, 3.05) is 6.61 Å². The molecule has 1 rings (SSSR count). The van der Waals surface area contributed by atoms with Gasteiger partial charge in [-0.1, -0.05) is 0 Å². The predicted molar refractivity (Wildman–Crippen MR) is 49.5 cm³/mol. The van der Waals surface area contributed by atoms with Crippen molar-refractivity contribution in [3.05, 3.63) is 17.7 Å². The highest BCUT2D eigenvalue weighted by molar-refractivity contribution is 5.53. The Bertz CT molecular complexity index is 351. The molecule has 0 aliphatic rings. The number of aliphatic hydroxyl groups excluding tert-OH is 3. The van der Waals surface area contributed by atoms with Crippen LogP contribution in [-0.4, -0.2) is 43.4 Å². The number of hydrogen-bond acceptors (Lipinski definition) is 6. The molecule has 1 aromatic rings. The molecule has 0 amide bonds. The van der Waals surface area contributed by atoms with E-state index in [1.54, 1.807) is 0 Å². The van der Waals surface area contributed by atoms with Crippen LogP contribution in [0.15, 0.2) is 12.1 Å². The third-order valence-corrected chi connectivity index (χ3v) is 2.03. The highest BCUT2D eigenvalue weighted by atomic mass is 16.4. The summed E-state index contributed by atoms with van der Waals surface area (Å²) in [6.45, 7) is -0.692. The van der Waals surface area contributed by atoms with E-state index in [2.05, 4.69) is 0 Å². The average Bonchev–Trinajstić information content (AvgIpc) is 2.24. The monoisotopic (exact) mass is 216 g/mol. The van der Waals surface area contributed by atoms with Crippen LogP contribution in [0.3, 0.4) is 0 Å². The van der Waals surface area contributed by atoms with Crippen molar-refractivity contribution < 1.29 is 30.6 Å². The van der Waals surface area contributed by atoms with Gasteiger partial charge in [0.15, 0.2) is 11.5 Å². The van der Waals surface area contributed by atoms with Gasteiger partial charge in [-0.25, -0.2) is 0 Å². The Hall–Kier alpha value is -1.50. The first kappa shape index (κ1) is 11.6. The van der Waals surface area contributed by atoms with Crippen LogP contribution < -0.4 is 0 Å². The minimum atomic E-state index is -1.54. The van der Waals surface area contributed by atoms with Gasteiger partial charge in [-0.3, -0.25) is 0 Å². The molecule has 0 saturated heterocycles. The number of rotatable bonds is 3. The van der Waals surface area contributed by atoms with E-state index in [9.17, 15) is 10.2 Å². The first-order valence-corrected chi connectivity index (χ1v) is 4.19. The maximum absolute atomic E-state index is 9.42. The van der Waals surface area contributed by atoms with Crippen molar-refractivity contribution in [2.45, 2.75) is 12.2 Å². The first-order chi connectivity index (χ1) is 6.99. The summed E-state index contributed by atoms with van der Waals surface area (Å²) >= 11 is 0. The highest BCUT2D eigenvalue weighted by Gasteiger charge is 2.23. The summed E-state index contributed by atoms with van der Waals surface area (Å²) in [6.07, 6.45) is -3.01. The third kappa shape index (κ3) is 2.12. The van der Waals surface area contributed by atoms with Gasteiger partial charge in [0.2, 0.25) is 5.75 Å². The number of aliphatic hydroxyl groups is 3. The smallest absolute Gasteiger partial charge is 0.200 e. The summed E-state index contributed by atoms with van der Waals surface area (Å²) in [4.78, 5) is 0. The van der Waals surface area contributed by atoms with Gasteiger partial charge in [0.05, 0.1) is 6.61 Å². The van der Waals surface area contributed by atoms with Crippen LogP contribution in [-0.2, 0) is 0 Å². The number of hydrogen-bond donors (Lipinski definition) is 6. The number of phenolic OH excluding ortho intramolecular Hbond substituents is 3. The molecule has 6 heteroatoms. The third-order valence-electron chi connectivity index (χ3n) is 2.03. The molecule has 6 N–H and O–H groups in total.